The number of aromatic nitrogens is 3. The fourth-order valence-corrected chi connectivity index (χ4v) is 1.08. The molecule has 0 saturated heterocycles. The van der Waals surface area contributed by atoms with Gasteiger partial charge in [0.25, 0.3) is 5.91 Å². The lowest BCUT2D eigenvalue weighted by Gasteiger charge is -2.00. The molecule has 0 radical (unpaired) electrons. The molecule has 0 aliphatic carbocycles. The van der Waals surface area contributed by atoms with Crippen molar-refractivity contribution < 1.29 is 19.1 Å². The number of nitrogens with zero attached hydrogens (tertiary/aromatic N) is 3. The van der Waals surface area contributed by atoms with Crippen molar-refractivity contribution in [1.29, 1.82) is 0 Å². The summed E-state index contributed by atoms with van der Waals surface area (Å²) < 4.78 is 10.7. The highest BCUT2D eigenvalue weighted by atomic mass is 16.5. The second-order valence-electron chi connectivity index (χ2n) is 3.09. The molecular weight excluding hydrogens is 228 g/mol. The SMILES string of the molecule is CCOC(=O)Cn1cc(NC(=O)COC)nn1. The van der Waals surface area contributed by atoms with Crippen LogP contribution in [-0.2, 0) is 25.6 Å². The van der Waals surface area contributed by atoms with Crippen LogP contribution in [0.5, 0.6) is 0 Å². The van der Waals surface area contributed by atoms with Gasteiger partial charge in [-0.3, -0.25) is 9.59 Å². The van der Waals surface area contributed by atoms with Crippen molar-refractivity contribution in [3.05, 3.63) is 6.20 Å². The minimum Gasteiger partial charge on any atom is -0.465 e. The summed E-state index contributed by atoms with van der Waals surface area (Å²) in [6, 6.07) is 0. The summed E-state index contributed by atoms with van der Waals surface area (Å²) in [5.41, 5.74) is 0. The Morgan fingerprint density at radius 1 is 1.53 bits per heavy atom. The van der Waals surface area contributed by atoms with E-state index in [1.807, 2.05) is 0 Å². The van der Waals surface area contributed by atoms with E-state index in [1.54, 1.807) is 6.92 Å². The summed E-state index contributed by atoms with van der Waals surface area (Å²) in [5.74, 6) is -0.487. The Kier molecular flexibility index (Phi) is 5.08. The van der Waals surface area contributed by atoms with Crippen LogP contribution >= 0.6 is 0 Å². The molecular formula is C9H14N4O4. The molecule has 0 atom stereocenters. The lowest BCUT2D eigenvalue weighted by atomic mass is 10.6. The first-order chi connectivity index (χ1) is 8.15. The molecule has 8 heteroatoms. The van der Waals surface area contributed by atoms with Gasteiger partial charge in [0.15, 0.2) is 5.82 Å². The Balaban J connectivity index is 2.47. The number of hydrogen-bond acceptors (Lipinski definition) is 6. The Labute approximate surface area is 97.9 Å². The topological polar surface area (TPSA) is 95.3 Å². The first-order valence-electron chi connectivity index (χ1n) is 5.00. The van der Waals surface area contributed by atoms with E-state index >= 15 is 0 Å². The maximum atomic E-state index is 11.1. The monoisotopic (exact) mass is 242 g/mol. The zero-order chi connectivity index (χ0) is 12.7. The van der Waals surface area contributed by atoms with Crippen molar-refractivity contribution >= 4 is 17.7 Å². The molecule has 0 bridgehead atoms. The van der Waals surface area contributed by atoms with Crippen LogP contribution in [0.4, 0.5) is 5.82 Å². The number of carbonyl (C=O) groups is 2. The van der Waals surface area contributed by atoms with Crippen molar-refractivity contribution in [1.82, 2.24) is 15.0 Å². The van der Waals surface area contributed by atoms with Crippen LogP contribution in [0.1, 0.15) is 6.92 Å². The van der Waals surface area contributed by atoms with Crippen LogP contribution in [-0.4, -0.2) is 47.2 Å². The highest BCUT2D eigenvalue weighted by molar-refractivity contribution is 5.90. The molecule has 0 aliphatic rings. The van der Waals surface area contributed by atoms with Crippen LogP contribution in [0.15, 0.2) is 6.20 Å². The second-order valence-corrected chi connectivity index (χ2v) is 3.09. The van der Waals surface area contributed by atoms with Gasteiger partial charge in [-0.2, -0.15) is 0 Å². The number of methoxy groups -OCH3 is 1. The predicted octanol–water partition coefficient (Wildman–Crippen LogP) is -0.574. The minimum atomic E-state index is -0.410. The average Bonchev–Trinajstić information content (AvgIpc) is 2.66. The molecule has 0 fully saturated rings. The number of esters is 1. The van der Waals surface area contributed by atoms with E-state index in [0.29, 0.717) is 6.61 Å². The normalized spacial score (nSPS) is 10.0. The lowest BCUT2D eigenvalue weighted by molar-refractivity contribution is -0.144. The molecule has 0 aromatic carbocycles. The maximum Gasteiger partial charge on any atom is 0.327 e. The van der Waals surface area contributed by atoms with Crippen LogP contribution in [0, 0.1) is 0 Å². The van der Waals surface area contributed by atoms with Crippen LogP contribution < -0.4 is 5.32 Å². The molecule has 1 aromatic heterocycles. The molecule has 8 nitrogen and oxygen atoms in total. The third-order valence-corrected chi connectivity index (χ3v) is 1.68. The fourth-order valence-electron chi connectivity index (χ4n) is 1.08. The van der Waals surface area contributed by atoms with Crippen LogP contribution in [0.25, 0.3) is 0 Å². The molecule has 0 spiro atoms. The van der Waals surface area contributed by atoms with Crippen molar-refractivity contribution in [2.24, 2.45) is 0 Å². The smallest absolute Gasteiger partial charge is 0.327 e. The van der Waals surface area contributed by atoms with Crippen LogP contribution in [0.2, 0.25) is 0 Å². The Bertz CT molecular complexity index is 356. The van der Waals surface area contributed by atoms with Crippen molar-refractivity contribution in [2.75, 3.05) is 25.6 Å². The minimum absolute atomic E-state index is 0.0407. The molecule has 0 saturated carbocycles. The molecule has 0 unspecified atom stereocenters. The van der Waals surface area contributed by atoms with Gasteiger partial charge in [0, 0.05) is 7.11 Å². The molecule has 1 aromatic rings. The molecule has 1 amide bonds. The zero-order valence-corrected chi connectivity index (χ0v) is 9.67. The summed E-state index contributed by atoms with van der Waals surface area (Å²) in [5, 5.41) is 9.79. The van der Waals surface area contributed by atoms with Gasteiger partial charge in [-0.1, -0.05) is 5.21 Å². The van der Waals surface area contributed by atoms with E-state index in [9.17, 15) is 9.59 Å². The summed E-state index contributed by atoms with van der Waals surface area (Å²) in [6.07, 6.45) is 1.44. The van der Waals surface area contributed by atoms with E-state index in [0.717, 1.165) is 0 Å². The third-order valence-electron chi connectivity index (χ3n) is 1.68. The van der Waals surface area contributed by atoms with Gasteiger partial charge in [-0.05, 0) is 6.92 Å². The number of carbonyl (C=O) groups excluding carboxylic acids is 2. The van der Waals surface area contributed by atoms with Gasteiger partial charge in [-0.25, -0.2) is 4.68 Å². The Morgan fingerprint density at radius 3 is 2.94 bits per heavy atom. The van der Waals surface area contributed by atoms with Crippen molar-refractivity contribution in [2.45, 2.75) is 13.5 Å². The standard InChI is InChI=1S/C9H14N4O4/c1-3-17-9(15)5-13-4-7(11-12-13)10-8(14)6-16-2/h4H,3,5-6H2,1-2H3,(H,10,14). The third kappa shape index (κ3) is 4.60. The molecule has 0 aliphatic heterocycles. The number of amides is 1. The summed E-state index contributed by atoms with van der Waals surface area (Å²) in [4.78, 5) is 22.3. The summed E-state index contributed by atoms with van der Waals surface area (Å²) in [7, 11) is 1.41. The Morgan fingerprint density at radius 2 is 2.29 bits per heavy atom. The molecule has 94 valence electrons. The van der Waals surface area contributed by atoms with E-state index in [-0.39, 0.29) is 24.9 Å². The van der Waals surface area contributed by atoms with E-state index < -0.39 is 5.97 Å². The van der Waals surface area contributed by atoms with E-state index in [4.69, 9.17) is 4.74 Å². The van der Waals surface area contributed by atoms with E-state index in [1.165, 1.54) is 18.0 Å². The number of hydrogen-bond donors (Lipinski definition) is 1. The quantitative estimate of drug-likeness (QED) is 0.671. The fraction of sp³-hybridized carbons (Fsp3) is 0.556. The maximum absolute atomic E-state index is 11.1. The molecule has 17 heavy (non-hydrogen) atoms. The molecule has 1 heterocycles. The van der Waals surface area contributed by atoms with Crippen molar-refractivity contribution in [3.63, 3.8) is 0 Å². The summed E-state index contributed by atoms with van der Waals surface area (Å²) in [6.45, 7) is 1.92. The highest BCUT2D eigenvalue weighted by Gasteiger charge is 2.08. The molecule has 1 N–H and O–H groups in total. The number of anilines is 1. The molecule has 1 rings (SSSR count). The van der Waals surface area contributed by atoms with E-state index in [2.05, 4.69) is 20.4 Å². The zero-order valence-electron chi connectivity index (χ0n) is 9.67. The Hall–Kier alpha value is -1.96. The van der Waals surface area contributed by atoms with Gasteiger partial charge < -0.3 is 14.8 Å². The van der Waals surface area contributed by atoms with Gasteiger partial charge in [-0.15, -0.1) is 5.10 Å². The first kappa shape index (κ1) is 13.1. The average molecular weight is 242 g/mol. The van der Waals surface area contributed by atoms with Crippen molar-refractivity contribution in [3.8, 4) is 0 Å². The van der Waals surface area contributed by atoms with Gasteiger partial charge >= 0.3 is 5.97 Å². The largest absolute Gasteiger partial charge is 0.465 e. The highest BCUT2D eigenvalue weighted by Crippen LogP contribution is 2.00. The van der Waals surface area contributed by atoms with Crippen LogP contribution in [0.3, 0.4) is 0 Å². The lowest BCUT2D eigenvalue weighted by Crippen LogP contribution is -2.17. The second kappa shape index (κ2) is 6.59. The van der Waals surface area contributed by atoms with Gasteiger partial charge in [0.05, 0.1) is 12.8 Å². The number of rotatable bonds is 6. The number of ether oxygens (including phenoxy) is 2. The predicted molar refractivity (Wildman–Crippen MR) is 57.2 cm³/mol. The van der Waals surface area contributed by atoms with Gasteiger partial charge in [0.1, 0.15) is 13.2 Å². The first-order valence-corrected chi connectivity index (χ1v) is 5.00. The van der Waals surface area contributed by atoms with Gasteiger partial charge in [0.2, 0.25) is 0 Å². The number of nitrogens with one attached hydrogen (secondary N) is 1. The summed E-state index contributed by atoms with van der Waals surface area (Å²) >= 11 is 0.